The lowest BCUT2D eigenvalue weighted by Gasteiger charge is -2.06. The third kappa shape index (κ3) is 2.64. The van der Waals surface area contributed by atoms with Crippen LogP contribution in [-0.2, 0) is 13.1 Å². The summed E-state index contributed by atoms with van der Waals surface area (Å²) in [5.74, 6) is 0.351. The molecule has 126 valence electrons. The van der Waals surface area contributed by atoms with Crippen LogP contribution < -0.4 is 10.1 Å². The lowest BCUT2D eigenvalue weighted by Crippen LogP contribution is -2.23. The summed E-state index contributed by atoms with van der Waals surface area (Å²) in [5.41, 5.74) is 3.64. The zero-order chi connectivity index (χ0) is 17.3. The Balaban J connectivity index is 1.85. The fraction of sp³-hybridized carbons (Fsp3) is 0.333. The number of nitrogens with one attached hydrogen (secondary N) is 1. The zero-order valence-electron chi connectivity index (χ0n) is 14.3. The molecule has 0 bridgehead atoms. The van der Waals surface area contributed by atoms with Crippen molar-refractivity contribution in [3.8, 4) is 5.75 Å². The van der Waals surface area contributed by atoms with Gasteiger partial charge in [-0.2, -0.15) is 5.10 Å². The van der Waals surface area contributed by atoms with Crippen molar-refractivity contribution in [2.75, 3.05) is 7.11 Å². The Bertz CT molecular complexity index is 892. The van der Waals surface area contributed by atoms with Gasteiger partial charge in [0.05, 0.1) is 18.2 Å². The van der Waals surface area contributed by atoms with Gasteiger partial charge in [0, 0.05) is 24.3 Å². The van der Waals surface area contributed by atoms with Gasteiger partial charge in [-0.25, -0.2) is 0 Å². The van der Waals surface area contributed by atoms with Gasteiger partial charge in [-0.15, -0.1) is 0 Å². The number of benzene rings is 1. The maximum atomic E-state index is 12.6. The van der Waals surface area contributed by atoms with Crippen LogP contribution >= 0.6 is 0 Å². The van der Waals surface area contributed by atoms with Crippen molar-refractivity contribution in [2.45, 2.75) is 33.9 Å². The molecule has 2 heterocycles. The summed E-state index contributed by atoms with van der Waals surface area (Å²) in [6.45, 7) is 7.20. The molecule has 2 aromatic heterocycles. The average molecular weight is 327 g/mol. The van der Waals surface area contributed by atoms with Crippen LogP contribution in [0.3, 0.4) is 0 Å². The van der Waals surface area contributed by atoms with E-state index in [-0.39, 0.29) is 11.7 Å². The Labute approximate surface area is 140 Å². The summed E-state index contributed by atoms with van der Waals surface area (Å²) in [6, 6.07) is 7.43. The van der Waals surface area contributed by atoms with E-state index in [9.17, 15) is 4.79 Å². The number of fused-ring (bicyclic) bond motifs is 1. The third-order valence-electron chi connectivity index (χ3n) is 4.22. The minimum absolute atomic E-state index is 0.192. The van der Waals surface area contributed by atoms with Crippen LogP contribution in [0.15, 0.2) is 28.7 Å². The summed E-state index contributed by atoms with van der Waals surface area (Å²) in [6.07, 6.45) is 0. The largest absolute Gasteiger partial charge is 0.492 e. The molecule has 0 saturated carbocycles. The molecule has 0 fully saturated rings. The molecule has 0 radical (unpaired) electrons. The standard InChI is InChI=1S/C18H21N3O3/c1-5-21-12(3)14(11(2)20-21)10-19-18(22)17-16(23-4)13-8-6-7-9-15(13)24-17/h6-9H,5,10H2,1-4H3,(H,19,22). The number of furan rings is 1. The maximum absolute atomic E-state index is 12.6. The molecule has 1 aromatic carbocycles. The first-order chi connectivity index (χ1) is 11.6. The van der Waals surface area contributed by atoms with Gasteiger partial charge >= 0.3 is 0 Å². The molecule has 6 nitrogen and oxygen atoms in total. The fourth-order valence-electron chi connectivity index (χ4n) is 2.92. The van der Waals surface area contributed by atoms with E-state index in [1.165, 1.54) is 7.11 Å². The molecule has 0 atom stereocenters. The first-order valence-corrected chi connectivity index (χ1v) is 7.93. The number of para-hydroxylation sites is 1. The van der Waals surface area contributed by atoms with E-state index in [2.05, 4.69) is 10.4 Å². The van der Waals surface area contributed by atoms with Crippen LogP contribution in [0, 0.1) is 13.8 Å². The number of carbonyl (C=O) groups is 1. The van der Waals surface area contributed by atoms with Crippen molar-refractivity contribution in [1.82, 2.24) is 15.1 Å². The molecule has 0 saturated heterocycles. The van der Waals surface area contributed by atoms with Gasteiger partial charge in [0.25, 0.3) is 5.91 Å². The van der Waals surface area contributed by atoms with E-state index < -0.39 is 0 Å². The van der Waals surface area contributed by atoms with Gasteiger partial charge in [-0.3, -0.25) is 9.48 Å². The monoisotopic (exact) mass is 327 g/mol. The topological polar surface area (TPSA) is 69.3 Å². The van der Waals surface area contributed by atoms with Gasteiger partial charge in [0.1, 0.15) is 5.58 Å². The summed E-state index contributed by atoms with van der Waals surface area (Å²) >= 11 is 0. The second kappa shape index (κ2) is 6.39. The minimum atomic E-state index is -0.300. The molecule has 1 N–H and O–H groups in total. The summed E-state index contributed by atoms with van der Waals surface area (Å²) in [5, 5.41) is 8.16. The van der Waals surface area contributed by atoms with Crippen LogP contribution in [0.5, 0.6) is 5.75 Å². The number of ether oxygens (including phenoxy) is 1. The Hall–Kier alpha value is -2.76. The molecule has 0 unspecified atom stereocenters. The number of aryl methyl sites for hydroxylation is 2. The third-order valence-corrected chi connectivity index (χ3v) is 4.22. The van der Waals surface area contributed by atoms with Gasteiger partial charge < -0.3 is 14.5 Å². The van der Waals surface area contributed by atoms with Crippen molar-refractivity contribution in [2.24, 2.45) is 0 Å². The van der Waals surface area contributed by atoms with Gasteiger partial charge in [0.2, 0.25) is 5.76 Å². The first kappa shape index (κ1) is 16.1. The fourth-order valence-corrected chi connectivity index (χ4v) is 2.92. The number of nitrogens with zero attached hydrogens (tertiary/aromatic N) is 2. The predicted octanol–water partition coefficient (Wildman–Crippen LogP) is 3.20. The molecular formula is C18H21N3O3. The molecule has 3 rings (SSSR count). The molecule has 3 aromatic rings. The summed E-state index contributed by atoms with van der Waals surface area (Å²) in [4.78, 5) is 12.6. The molecule has 0 aliphatic rings. The second-order valence-electron chi connectivity index (χ2n) is 5.61. The van der Waals surface area contributed by atoms with Crippen molar-refractivity contribution in [3.05, 3.63) is 47.0 Å². The normalized spacial score (nSPS) is 11.0. The molecule has 0 aliphatic carbocycles. The lowest BCUT2D eigenvalue weighted by atomic mass is 10.2. The second-order valence-corrected chi connectivity index (χ2v) is 5.61. The number of methoxy groups -OCH3 is 1. The van der Waals surface area contributed by atoms with E-state index in [1.54, 1.807) is 0 Å². The van der Waals surface area contributed by atoms with Gasteiger partial charge in [-0.05, 0) is 32.9 Å². The number of hydrogen-bond acceptors (Lipinski definition) is 4. The highest BCUT2D eigenvalue weighted by Crippen LogP contribution is 2.32. The highest BCUT2D eigenvalue weighted by Gasteiger charge is 2.22. The summed E-state index contributed by atoms with van der Waals surface area (Å²) in [7, 11) is 1.54. The quantitative estimate of drug-likeness (QED) is 0.781. The predicted molar refractivity (Wildman–Crippen MR) is 91.3 cm³/mol. The SMILES string of the molecule is CCn1nc(C)c(CNC(=O)c2oc3ccccc3c2OC)c1C. The minimum Gasteiger partial charge on any atom is -0.492 e. The van der Waals surface area contributed by atoms with Crippen LogP contribution in [0.25, 0.3) is 11.0 Å². The van der Waals surface area contributed by atoms with E-state index >= 15 is 0 Å². The summed E-state index contributed by atoms with van der Waals surface area (Å²) < 4.78 is 13.0. The molecule has 0 spiro atoms. The Morgan fingerprint density at radius 3 is 2.75 bits per heavy atom. The first-order valence-electron chi connectivity index (χ1n) is 7.93. The molecule has 1 amide bonds. The smallest absolute Gasteiger partial charge is 0.291 e. The number of rotatable bonds is 5. The van der Waals surface area contributed by atoms with E-state index in [0.29, 0.717) is 17.9 Å². The van der Waals surface area contributed by atoms with Crippen molar-refractivity contribution >= 4 is 16.9 Å². The Morgan fingerprint density at radius 2 is 2.08 bits per heavy atom. The van der Waals surface area contributed by atoms with Gasteiger partial charge in [0.15, 0.2) is 5.75 Å². The van der Waals surface area contributed by atoms with Crippen molar-refractivity contribution in [1.29, 1.82) is 0 Å². The van der Waals surface area contributed by atoms with Crippen LogP contribution in [0.1, 0.15) is 34.4 Å². The van der Waals surface area contributed by atoms with Crippen molar-refractivity contribution in [3.63, 3.8) is 0 Å². The van der Waals surface area contributed by atoms with E-state index in [4.69, 9.17) is 9.15 Å². The average Bonchev–Trinajstić information content (AvgIpc) is 3.10. The zero-order valence-corrected chi connectivity index (χ0v) is 14.3. The molecular weight excluding hydrogens is 306 g/mol. The van der Waals surface area contributed by atoms with Crippen LogP contribution in [0.4, 0.5) is 0 Å². The van der Waals surface area contributed by atoms with Gasteiger partial charge in [-0.1, -0.05) is 12.1 Å². The highest BCUT2D eigenvalue weighted by atomic mass is 16.5. The van der Waals surface area contributed by atoms with Crippen LogP contribution in [0.2, 0.25) is 0 Å². The molecule has 0 aliphatic heterocycles. The van der Waals surface area contributed by atoms with E-state index in [1.807, 2.05) is 49.7 Å². The lowest BCUT2D eigenvalue weighted by molar-refractivity contribution is 0.0921. The highest BCUT2D eigenvalue weighted by molar-refractivity contribution is 6.01. The van der Waals surface area contributed by atoms with Crippen LogP contribution in [-0.4, -0.2) is 22.8 Å². The Kier molecular flexibility index (Phi) is 4.29. The van der Waals surface area contributed by atoms with Crippen molar-refractivity contribution < 1.29 is 13.9 Å². The number of amides is 1. The Morgan fingerprint density at radius 1 is 1.33 bits per heavy atom. The van der Waals surface area contributed by atoms with E-state index in [0.717, 1.165) is 28.9 Å². The number of hydrogen-bond donors (Lipinski definition) is 1. The number of aromatic nitrogens is 2. The molecule has 24 heavy (non-hydrogen) atoms. The molecule has 6 heteroatoms. The maximum Gasteiger partial charge on any atom is 0.291 e. The number of carbonyl (C=O) groups excluding carboxylic acids is 1.